The SMILES string of the molecule is O=C(Cn1ccnc1)N1CCOC(CCc2ccncn2)C1. The summed E-state index contributed by atoms with van der Waals surface area (Å²) in [6.45, 7) is 2.21. The zero-order valence-corrected chi connectivity index (χ0v) is 12.3. The highest BCUT2D eigenvalue weighted by atomic mass is 16.5. The Hall–Kier alpha value is -2.28. The molecule has 1 aliphatic heterocycles. The highest BCUT2D eigenvalue weighted by Gasteiger charge is 2.24. The normalized spacial score (nSPS) is 18.4. The van der Waals surface area contributed by atoms with Gasteiger partial charge in [0.25, 0.3) is 0 Å². The molecule has 1 saturated heterocycles. The lowest BCUT2D eigenvalue weighted by Gasteiger charge is -2.33. The van der Waals surface area contributed by atoms with E-state index in [9.17, 15) is 4.79 Å². The molecular weight excluding hydrogens is 282 g/mol. The smallest absolute Gasteiger partial charge is 0.242 e. The second-order valence-electron chi connectivity index (χ2n) is 5.31. The van der Waals surface area contributed by atoms with Gasteiger partial charge in [0.2, 0.25) is 5.91 Å². The average molecular weight is 301 g/mol. The second-order valence-corrected chi connectivity index (χ2v) is 5.31. The fourth-order valence-electron chi connectivity index (χ4n) is 2.53. The molecule has 2 aromatic heterocycles. The minimum atomic E-state index is 0.0652. The molecule has 22 heavy (non-hydrogen) atoms. The molecule has 7 heteroatoms. The van der Waals surface area contributed by atoms with E-state index in [1.54, 1.807) is 35.8 Å². The quantitative estimate of drug-likeness (QED) is 0.805. The van der Waals surface area contributed by atoms with Crippen LogP contribution in [0.25, 0.3) is 0 Å². The minimum absolute atomic E-state index is 0.0652. The van der Waals surface area contributed by atoms with E-state index < -0.39 is 0 Å². The lowest BCUT2D eigenvalue weighted by atomic mass is 10.1. The van der Waals surface area contributed by atoms with E-state index in [1.165, 1.54) is 0 Å². The number of aryl methyl sites for hydroxylation is 1. The molecule has 0 spiro atoms. The Morgan fingerprint density at radius 3 is 3.09 bits per heavy atom. The maximum Gasteiger partial charge on any atom is 0.242 e. The Labute approximate surface area is 129 Å². The standard InChI is InChI=1S/C15H19N5O2/c21-15(10-19-6-5-17-12-19)20-7-8-22-14(9-20)2-1-13-3-4-16-11-18-13/h3-6,11-12,14H,1-2,7-10H2. The predicted octanol–water partition coefficient (Wildman–Crippen LogP) is 0.533. The van der Waals surface area contributed by atoms with Crippen LogP contribution in [0.5, 0.6) is 0 Å². The van der Waals surface area contributed by atoms with Crippen LogP contribution in [0.2, 0.25) is 0 Å². The van der Waals surface area contributed by atoms with E-state index >= 15 is 0 Å². The Balaban J connectivity index is 1.49. The first-order valence-corrected chi connectivity index (χ1v) is 7.41. The molecule has 0 aromatic carbocycles. The number of carbonyl (C=O) groups excluding carboxylic acids is 1. The van der Waals surface area contributed by atoms with Crippen LogP contribution in [0.4, 0.5) is 0 Å². The molecule has 1 amide bonds. The lowest BCUT2D eigenvalue weighted by Crippen LogP contribution is -2.46. The first-order valence-electron chi connectivity index (χ1n) is 7.41. The molecule has 116 valence electrons. The zero-order chi connectivity index (χ0) is 15.2. The van der Waals surface area contributed by atoms with E-state index in [0.717, 1.165) is 18.5 Å². The molecule has 0 saturated carbocycles. The summed E-state index contributed by atoms with van der Waals surface area (Å²) < 4.78 is 7.54. The molecule has 2 aromatic rings. The summed E-state index contributed by atoms with van der Waals surface area (Å²) in [5.41, 5.74) is 1.00. The summed E-state index contributed by atoms with van der Waals surface area (Å²) in [4.78, 5) is 26.2. The summed E-state index contributed by atoms with van der Waals surface area (Å²) in [6.07, 6.45) is 10.2. The van der Waals surface area contributed by atoms with Gasteiger partial charge in [0.15, 0.2) is 0 Å². The molecule has 0 N–H and O–H groups in total. The van der Waals surface area contributed by atoms with Crippen molar-refractivity contribution in [3.8, 4) is 0 Å². The molecule has 7 nitrogen and oxygen atoms in total. The highest BCUT2D eigenvalue weighted by Crippen LogP contribution is 2.12. The van der Waals surface area contributed by atoms with Gasteiger partial charge in [0.05, 0.1) is 19.0 Å². The van der Waals surface area contributed by atoms with Crippen LogP contribution < -0.4 is 0 Å². The third-order valence-corrected chi connectivity index (χ3v) is 3.73. The highest BCUT2D eigenvalue weighted by molar-refractivity contribution is 5.76. The molecule has 0 aliphatic carbocycles. The lowest BCUT2D eigenvalue weighted by molar-refractivity contribution is -0.139. The van der Waals surface area contributed by atoms with E-state index in [2.05, 4.69) is 15.0 Å². The Bertz CT molecular complexity index is 587. The van der Waals surface area contributed by atoms with Gasteiger partial charge in [-0.3, -0.25) is 4.79 Å². The van der Waals surface area contributed by atoms with Crippen LogP contribution in [0.3, 0.4) is 0 Å². The summed E-state index contributed by atoms with van der Waals surface area (Å²) in [7, 11) is 0. The van der Waals surface area contributed by atoms with Gasteiger partial charge in [-0.2, -0.15) is 0 Å². The van der Waals surface area contributed by atoms with Gasteiger partial charge < -0.3 is 14.2 Å². The van der Waals surface area contributed by atoms with E-state index in [4.69, 9.17) is 4.74 Å². The maximum atomic E-state index is 12.3. The number of amides is 1. The van der Waals surface area contributed by atoms with Crippen molar-refractivity contribution < 1.29 is 9.53 Å². The minimum Gasteiger partial charge on any atom is -0.375 e. The van der Waals surface area contributed by atoms with Gasteiger partial charge in [-0.1, -0.05) is 0 Å². The van der Waals surface area contributed by atoms with E-state index in [-0.39, 0.29) is 12.0 Å². The molecule has 1 unspecified atom stereocenters. The van der Waals surface area contributed by atoms with Crippen molar-refractivity contribution in [2.75, 3.05) is 19.7 Å². The van der Waals surface area contributed by atoms with Gasteiger partial charge in [-0.25, -0.2) is 15.0 Å². The van der Waals surface area contributed by atoms with Crippen molar-refractivity contribution >= 4 is 5.91 Å². The largest absolute Gasteiger partial charge is 0.375 e. The number of morpholine rings is 1. The monoisotopic (exact) mass is 301 g/mol. The number of hydrogen-bond acceptors (Lipinski definition) is 5. The van der Waals surface area contributed by atoms with E-state index in [0.29, 0.717) is 26.2 Å². The summed E-state index contributed by atoms with van der Waals surface area (Å²) in [5, 5.41) is 0. The maximum absolute atomic E-state index is 12.3. The molecule has 3 heterocycles. The molecule has 0 bridgehead atoms. The van der Waals surface area contributed by atoms with Crippen molar-refractivity contribution in [3.05, 3.63) is 43.0 Å². The number of hydrogen-bond donors (Lipinski definition) is 0. The van der Waals surface area contributed by atoms with Crippen LogP contribution >= 0.6 is 0 Å². The van der Waals surface area contributed by atoms with Gasteiger partial charge in [0, 0.05) is 37.4 Å². The molecular formula is C15H19N5O2. The third kappa shape index (κ3) is 3.88. The Kier molecular flexibility index (Phi) is 4.75. The third-order valence-electron chi connectivity index (χ3n) is 3.73. The van der Waals surface area contributed by atoms with Crippen LogP contribution in [0.15, 0.2) is 37.3 Å². The van der Waals surface area contributed by atoms with Gasteiger partial charge in [-0.15, -0.1) is 0 Å². The first-order chi connectivity index (χ1) is 10.8. The molecule has 1 atom stereocenters. The van der Waals surface area contributed by atoms with Crippen molar-refractivity contribution in [1.82, 2.24) is 24.4 Å². The Morgan fingerprint density at radius 2 is 2.32 bits per heavy atom. The van der Waals surface area contributed by atoms with E-state index in [1.807, 2.05) is 11.0 Å². The first kappa shape index (κ1) is 14.6. The number of ether oxygens (including phenoxy) is 1. The average Bonchev–Trinajstić information content (AvgIpc) is 3.07. The summed E-state index contributed by atoms with van der Waals surface area (Å²) in [6, 6.07) is 1.91. The van der Waals surface area contributed by atoms with Crippen LogP contribution in [0.1, 0.15) is 12.1 Å². The predicted molar refractivity (Wildman–Crippen MR) is 78.9 cm³/mol. The fourth-order valence-corrected chi connectivity index (χ4v) is 2.53. The molecule has 1 aliphatic rings. The molecule has 3 rings (SSSR count). The van der Waals surface area contributed by atoms with Gasteiger partial charge in [-0.05, 0) is 18.9 Å². The summed E-state index contributed by atoms with van der Waals surface area (Å²) in [5.74, 6) is 0.105. The number of imidazole rings is 1. The Morgan fingerprint density at radius 1 is 1.36 bits per heavy atom. The number of carbonyl (C=O) groups is 1. The van der Waals surface area contributed by atoms with Crippen molar-refractivity contribution in [1.29, 1.82) is 0 Å². The fraction of sp³-hybridized carbons (Fsp3) is 0.467. The topological polar surface area (TPSA) is 73.1 Å². The van der Waals surface area contributed by atoms with Gasteiger partial charge >= 0.3 is 0 Å². The van der Waals surface area contributed by atoms with Crippen molar-refractivity contribution in [3.63, 3.8) is 0 Å². The van der Waals surface area contributed by atoms with Gasteiger partial charge in [0.1, 0.15) is 12.9 Å². The van der Waals surface area contributed by atoms with Crippen molar-refractivity contribution in [2.45, 2.75) is 25.5 Å². The summed E-state index contributed by atoms with van der Waals surface area (Å²) >= 11 is 0. The molecule has 0 radical (unpaired) electrons. The number of rotatable bonds is 5. The van der Waals surface area contributed by atoms with Crippen LogP contribution in [0, 0.1) is 0 Å². The second kappa shape index (κ2) is 7.13. The number of aromatic nitrogens is 4. The number of nitrogens with zero attached hydrogens (tertiary/aromatic N) is 5. The van der Waals surface area contributed by atoms with Crippen molar-refractivity contribution in [2.24, 2.45) is 0 Å². The van der Waals surface area contributed by atoms with Crippen LogP contribution in [-0.4, -0.2) is 56.1 Å². The zero-order valence-electron chi connectivity index (χ0n) is 12.3. The van der Waals surface area contributed by atoms with Crippen LogP contribution in [-0.2, 0) is 22.5 Å². The molecule has 1 fully saturated rings.